The molecule has 31 heavy (non-hydrogen) atoms. The first-order valence-electron chi connectivity index (χ1n) is 11.0. The van der Waals surface area contributed by atoms with Crippen molar-refractivity contribution in [2.75, 3.05) is 24.7 Å². The lowest BCUT2D eigenvalue weighted by Gasteiger charge is -2.33. The van der Waals surface area contributed by atoms with Crippen molar-refractivity contribution in [1.29, 1.82) is 0 Å². The largest absolute Gasteiger partial charge is 0.370 e. The number of nitrogens with one attached hydrogen (secondary N) is 3. The molecule has 0 amide bonds. The van der Waals surface area contributed by atoms with Crippen molar-refractivity contribution in [1.82, 2.24) is 25.1 Å². The predicted molar refractivity (Wildman–Crippen MR) is 125 cm³/mol. The zero-order chi connectivity index (χ0) is 21.6. The van der Waals surface area contributed by atoms with E-state index in [9.17, 15) is 0 Å². The van der Waals surface area contributed by atoms with E-state index in [0.717, 1.165) is 35.6 Å². The third-order valence-electron chi connectivity index (χ3n) is 6.45. The molecule has 3 aromatic rings. The summed E-state index contributed by atoms with van der Waals surface area (Å²) in [5, 5.41) is 15.1. The van der Waals surface area contributed by atoms with E-state index in [1.807, 2.05) is 0 Å². The van der Waals surface area contributed by atoms with Crippen LogP contribution in [0.5, 0.6) is 0 Å². The Kier molecular flexibility index (Phi) is 5.35. The quantitative estimate of drug-likeness (QED) is 0.544. The molecule has 1 aliphatic carbocycles. The van der Waals surface area contributed by atoms with Gasteiger partial charge in [-0.3, -0.25) is 5.10 Å². The number of rotatable bonds is 5. The van der Waals surface area contributed by atoms with E-state index in [4.69, 9.17) is 14.7 Å². The Balaban J connectivity index is 1.50. The highest BCUT2D eigenvalue weighted by molar-refractivity contribution is 7.19. The van der Waals surface area contributed by atoms with E-state index >= 15 is 0 Å². The number of aromatic amines is 1. The van der Waals surface area contributed by atoms with Crippen molar-refractivity contribution in [3.05, 3.63) is 22.8 Å². The fourth-order valence-corrected chi connectivity index (χ4v) is 5.79. The second kappa shape index (κ2) is 8.03. The molecule has 1 saturated carbocycles. The maximum absolute atomic E-state index is 6.07. The zero-order valence-electron chi connectivity index (χ0n) is 18.7. The molecule has 3 aromatic heterocycles. The summed E-state index contributed by atoms with van der Waals surface area (Å²) in [6.07, 6.45) is 9.14. The van der Waals surface area contributed by atoms with Gasteiger partial charge in [-0.15, -0.1) is 11.3 Å². The lowest BCUT2D eigenvalue weighted by Crippen LogP contribution is -2.36. The van der Waals surface area contributed by atoms with Crippen LogP contribution in [0.15, 0.2) is 12.4 Å². The van der Waals surface area contributed by atoms with E-state index in [1.165, 1.54) is 28.7 Å². The van der Waals surface area contributed by atoms with Crippen LogP contribution in [0.1, 0.15) is 50.0 Å². The molecule has 0 bridgehead atoms. The van der Waals surface area contributed by atoms with Crippen LogP contribution in [0.2, 0.25) is 0 Å². The minimum Gasteiger partial charge on any atom is -0.370 e. The summed E-state index contributed by atoms with van der Waals surface area (Å²) in [5.74, 6) is 1.54. The first-order chi connectivity index (χ1) is 14.9. The van der Waals surface area contributed by atoms with Crippen molar-refractivity contribution in [3.63, 3.8) is 0 Å². The fourth-order valence-electron chi connectivity index (χ4n) is 4.68. The van der Waals surface area contributed by atoms with Gasteiger partial charge >= 0.3 is 0 Å². The number of aromatic nitrogens is 4. The molecule has 3 N–H and O–H groups in total. The minimum atomic E-state index is -0.171. The smallest absolute Gasteiger partial charge is 0.230 e. The number of anilines is 3. The highest BCUT2D eigenvalue weighted by atomic mass is 32.1. The van der Waals surface area contributed by atoms with Gasteiger partial charge in [0.2, 0.25) is 5.95 Å². The molecule has 0 radical (unpaired) electrons. The number of nitrogens with zero attached hydrogens (tertiary/aromatic N) is 4. The Morgan fingerprint density at radius 3 is 2.71 bits per heavy atom. The van der Waals surface area contributed by atoms with Gasteiger partial charge in [0.15, 0.2) is 0 Å². The summed E-state index contributed by atoms with van der Waals surface area (Å²) < 4.78 is 6.07. The first kappa shape index (κ1) is 20.7. The molecule has 4 heterocycles. The predicted octanol–water partition coefficient (Wildman–Crippen LogP) is 4.29. The van der Waals surface area contributed by atoms with Crippen molar-refractivity contribution < 1.29 is 4.74 Å². The monoisotopic (exact) mass is 441 g/mol. The molecule has 8 nitrogen and oxygen atoms in total. The lowest BCUT2D eigenvalue weighted by atomic mass is 9.90. The van der Waals surface area contributed by atoms with Gasteiger partial charge in [0.1, 0.15) is 10.6 Å². The van der Waals surface area contributed by atoms with E-state index < -0.39 is 0 Å². The van der Waals surface area contributed by atoms with Crippen LogP contribution in [0.25, 0.3) is 10.2 Å². The van der Waals surface area contributed by atoms with Gasteiger partial charge in [-0.1, -0.05) is 0 Å². The van der Waals surface area contributed by atoms with Crippen molar-refractivity contribution in [2.45, 2.75) is 70.2 Å². The number of fused-ring (bicyclic) bond motifs is 3. The number of ether oxygens (including phenoxy) is 1. The Bertz CT molecular complexity index is 1050. The zero-order valence-corrected chi connectivity index (χ0v) is 19.5. The summed E-state index contributed by atoms with van der Waals surface area (Å²) in [4.78, 5) is 14.4. The molecule has 0 saturated heterocycles. The molecular formula is C22H31N7OS. The molecular weight excluding hydrogens is 410 g/mol. The van der Waals surface area contributed by atoms with Gasteiger partial charge in [-0.2, -0.15) is 10.1 Å². The molecule has 166 valence electrons. The number of hydrogen-bond acceptors (Lipinski definition) is 8. The van der Waals surface area contributed by atoms with Crippen LogP contribution >= 0.6 is 11.3 Å². The van der Waals surface area contributed by atoms with Crippen LogP contribution in [0.4, 0.5) is 17.5 Å². The van der Waals surface area contributed by atoms with Crippen LogP contribution in [-0.4, -0.2) is 56.8 Å². The topological polar surface area (TPSA) is 91.0 Å². The van der Waals surface area contributed by atoms with E-state index in [1.54, 1.807) is 23.7 Å². The SMILES string of the molecule is CN(C)C1CCC(Nc2nc(Nc3cn[nH]c3)nc3sc4c(c23)CC(C)(C)OC4)CC1. The molecule has 9 heteroatoms. The molecule has 0 unspecified atom stereocenters. The van der Waals surface area contributed by atoms with E-state index in [-0.39, 0.29) is 5.60 Å². The number of hydrogen-bond donors (Lipinski definition) is 3. The average Bonchev–Trinajstić information content (AvgIpc) is 3.35. The average molecular weight is 442 g/mol. The molecule has 1 aliphatic heterocycles. The Hall–Kier alpha value is -2.23. The number of thiophene rings is 1. The summed E-state index contributed by atoms with van der Waals surface area (Å²) in [6.45, 7) is 4.96. The normalized spacial score (nSPS) is 23.1. The number of H-pyrrole nitrogens is 1. The third kappa shape index (κ3) is 4.26. The van der Waals surface area contributed by atoms with Gasteiger partial charge in [0.25, 0.3) is 0 Å². The van der Waals surface area contributed by atoms with Gasteiger partial charge in [-0.05, 0) is 59.2 Å². The maximum atomic E-state index is 6.07. The minimum absolute atomic E-state index is 0.171. The summed E-state index contributed by atoms with van der Waals surface area (Å²) >= 11 is 1.72. The molecule has 0 aromatic carbocycles. The third-order valence-corrected chi connectivity index (χ3v) is 7.55. The second-order valence-corrected chi connectivity index (χ2v) is 10.6. The van der Waals surface area contributed by atoms with Gasteiger partial charge in [-0.25, -0.2) is 4.98 Å². The van der Waals surface area contributed by atoms with Crippen molar-refractivity contribution in [2.24, 2.45) is 0 Å². The van der Waals surface area contributed by atoms with Gasteiger partial charge in [0.05, 0.1) is 29.5 Å². The Labute approximate surface area is 186 Å². The molecule has 1 fully saturated rings. The van der Waals surface area contributed by atoms with Crippen LogP contribution in [0.3, 0.4) is 0 Å². The van der Waals surface area contributed by atoms with E-state index in [0.29, 0.717) is 24.6 Å². The maximum Gasteiger partial charge on any atom is 0.230 e. The van der Waals surface area contributed by atoms with Gasteiger partial charge < -0.3 is 20.3 Å². The standard InChI is InChI=1S/C22H31N7OS/c1-22(2)9-16-17(12-30-22)31-20-18(16)19(25-13-5-7-15(8-6-13)29(3)4)27-21(28-20)26-14-10-23-24-11-14/h10-11,13,15H,5-9,12H2,1-4H3,(H,23,24)(H2,25,26,27,28). The molecule has 2 aliphatic rings. The lowest BCUT2D eigenvalue weighted by molar-refractivity contribution is -0.0379. The van der Waals surface area contributed by atoms with Crippen molar-refractivity contribution >= 4 is 39.0 Å². The van der Waals surface area contributed by atoms with Crippen LogP contribution in [-0.2, 0) is 17.8 Å². The first-order valence-corrected chi connectivity index (χ1v) is 11.8. The summed E-state index contributed by atoms with van der Waals surface area (Å²) in [7, 11) is 4.36. The molecule has 0 atom stereocenters. The second-order valence-electron chi connectivity index (χ2n) is 9.53. The molecule has 5 rings (SSSR count). The highest BCUT2D eigenvalue weighted by Gasteiger charge is 2.32. The Morgan fingerprint density at radius 1 is 1.19 bits per heavy atom. The van der Waals surface area contributed by atoms with Crippen molar-refractivity contribution in [3.8, 4) is 0 Å². The van der Waals surface area contributed by atoms with Crippen LogP contribution < -0.4 is 10.6 Å². The van der Waals surface area contributed by atoms with Gasteiger partial charge in [0, 0.05) is 29.6 Å². The molecule has 0 spiro atoms. The van der Waals surface area contributed by atoms with E-state index in [2.05, 4.69) is 53.7 Å². The highest BCUT2D eigenvalue weighted by Crippen LogP contribution is 2.42. The fraction of sp³-hybridized carbons (Fsp3) is 0.591. The summed E-state index contributed by atoms with van der Waals surface area (Å²) in [6, 6.07) is 1.10. The Morgan fingerprint density at radius 2 is 2.00 bits per heavy atom. The summed E-state index contributed by atoms with van der Waals surface area (Å²) in [5.41, 5.74) is 2.02. The van der Waals surface area contributed by atoms with Crippen LogP contribution in [0, 0.1) is 0 Å².